The second-order valence-corrected chi connectivity index (χ2v) is 5.28. The van der Waals surface area contributed by atoms with Gasteiger partial charge in [-0.05, 0) is 30.4 Å². The molecule has 2 amide bonds. The van der Waals surface area contributed by atoms with Crippen molar-refractivity contribution in [3.63, 3.8) is 0 Å². The summed E-state index contributed by atoms with van der Waals surface area (Å²) in [6.45, 7) is 0. The molecule has 4 nitrogen and oxygen atoms in total. The maximum Gasteiger partial charge on any atom is 0.426 e. The smallest absolute Gasteiger partial charge is 0.399 e. The molecule has 0 aromatic heterocycles. The third-order valence-corrected chi connectivity index (χ3v) is 3.43. The number of urea groups is 1. The Bertz CT molecular complexity index is 687. The van der Waals surface area contributed by atoms with Gasteiger partial charge in [-0.1, -0.05) is 17.7 Å². The third kappa shape index (κ3) is 3.95. The Labute approximate surface area is 134 Å². The molecule has 0 bridgehead atoms. The highest BCUT2D eigenvalue weighted by molar-refractivity contribution is 6.34. The minimum absolute atomic E-state index is 0.0478. The van der Waals surface area contributed by atoms with Crippen LogP contribution >= 0.6 is 11.6 Å². The van der Waals surface area contributed by atoms with E-state index in [1.54, 1.807) is 0 Å². The number of halogens is 5. The molecule has 1 aromatic carbocycles. The molecule has 4 N–H and O–H groups in total. The number of anilines is 2. The van der Waals surface area contributed by atoms with E-state index < -0.39 is 24.3 Å². The second-order valence-electron chi connectivity index (χ2n) is 4.88. The molecule has 0 heterocycles. The van der Waals surface area contributed by atoms with Crippen molar-refractivity contribution >= 4 is 29.0 Å². The van der Waals surface area contributed by atoms with Crippen LogP contribution in [0.5, 0.6) is 0 Å². The van der Waals surface area contributed by atoms with Gasteiger partial charge in [0.15, 0.2) is 0 Å². The van der Waals surface area contributed by atoms with E-state index in [0.29, 0.717) is 11.8 Å². The first-order valence-corrected chi connectivity index (χ1v) is 6.76. The van der Waals surface area contributed by atoms with E-state index in [1.807, 2.05) is 0 Å². The van der Waals surface area contributed by atoms with Crippen LogP contribution in [0.15, 0.2) is 42.1 Å². The fourth-order valence-electron chi connectivity index (χ4n) is 1.84. The lowest BCUT2D eigenvalue weighted by atomic mass is 9.95. The van der Waals surface area contributed by atoms with E-state index in [9.17, 15) is 22.4 Å². The average molecular weight is 350 g/mol. The molecule has 1 aromatic rings. The zero-order valence-corrected chi connectivity index (χ0v) is 12.3. The van der Waals surface area contributed by atoms with Gasteiger partial charge in [-0.15, -0.1) is 0 Å². The number of hydrogen-bond acceptors (Lipinski definition) is 2. The molecular formula is C14H12ClF4N3O. The lowest BCUT2D eigenvalue weighted by Gasteiger charge is -2.26. The molecule has 124 valence electrons. The number of amides is 2. The zero-order chi connectivity index (χ0) is 17.3. The van der Waals surface area contributed by atoms with Crippen LogP contribution in [0.2, 0.25) is 5.02 Å². The SMILES string of the molecule is Nc1ccc(NC(=O)NC2=CCC(F)(C(F)(F)F)C=C2)c(Cl)c1. The number of nitrogen functional groups attached to an aromatic ring is 1. The first kappa shape index (κ1) is 17.1. The Morgan fingerprint density at radius 1 is 1.30 bits per heavy atom. The lowest BCUT2D eigenvalue weighted by molar-refractivity contribution is -0.211. The summed E-state index contributed by atoms with van der Waals surface area (Å²) in [5.41, 5.74) is 2.82. The van der Waals surface area contributed by atoms with E-state index in [4.69, 9.17) is 17.3 Å². The van der Waals surface area contributed by atoms with Crippen molar-refractivity contribution in [2.75, 3.05) is 11.1 Å². The minimum atomic E-state index is -5.01. The van der Waals surface area contributed by atoms with Crippen molar-refractivity contribution in [1.82, 2.24) is 5.32 Å². The molecule has 0 radical (unpaired) electrons. The summed E-state index contributed by atoms with van der Waals surface area (Å²) in [5, 5.41) is 4.91. The van der Waals surface area contributed by atoms with Crippen LogP contribution in [-0.2, 0) is 0 Å². The first-order chi connectivity index (χ1) is 10.6. The van der Waals surface area contributed by atoms with Crippen LogP contribution in [0.3, 0.4) is 0 Å². The number of rotatable bonds is 2. The second kappa shape index (κ2) is 6.11. The Morgan fingerprint density at radius 3 is 2.52 bits per heavy atom. The molecular weight excluding hydrogens is 338 g/mol. The summed E-state index contributed by atoms with van der Waals surface area (Å²) in [6.07, 6.45) is -3.73. The minimum Gasteiger partial charge on any atom is -0.399 e. The van der Waals surface area contributed by atoms with Crippen LogP contribution in [0.4, 0.5) is 33.7 Å². The molecule has 0 saturated heterocycles. The molecule has 0 fully saturated rings. The summed E-state index contributed by atoms with van der Waals surface area (Å²) in [4.78, 5) is 11.8. The highest BCUT2D eigenvalue weighted by atomic mass is 35.5. The molecule has 1 aliphatic carbocycles. The van der Waals surface area contributed by atoms with E-state index in [1.165, 1.54) is 18.2 Å². The highest BCUT2D eigenvalue weighted by Gasteiger charge is 2.54. The van der Waals surface area contributed by atoms with Crippen molar-refractivity contribution in [2.24, 2.45) is 0 Å². The van der Waals surface area contributed by atoms with Gasteiger partial charge >= 0.3 is 12.2 Å². The number of benzene rings is 1. The first-order valence-electron chi connectivity index (χ1n) is 6.39. The number of allylic oxidation sites excluding steroid dienone is 3. The maximum absolute atomic E-state index is 13.6. The van der Waals surface area contributed by atoms with Gasteiger partial charge in [0.25, 0.3) is 0 Å². The van der Waals surface area contributed by atoms with Gasteiger partial charge in [-0.3, -0.25) is 0 Å². The third-order valence-electron chi connectivity index (χ3n) is 3.12. The fourth-order valence-corrected chi connectivity index (χ4v) is 2.07. The number of nitrogens with two attached hydrogens (primary N) is 1. The Balaban J connectivity index is 1.99. The van der Waals surface area contributed by atoms with Gasteiger partial charge in [-0.25, -0.2) is 9.18 Å². The van der Waals surface area contributed by atoms with Crippen molar-refractivity contribution in [3.8, 4) is 0 Å². The van der Waals surface area contributed by atoms with Crippen LogP contribution in [0.1, 0.15) is 6.42 Å². The number of carbonyl (C=O) groups excluding carboxylic acids is 1. The fraction of sp³-hybridized carbons (Fsp3) is 0.214. The van der Waals surface area contributed by atoms with E-state index in [-0.39, 0.29) is 16.4 Å². The van der Waals surface area contributed by atoms with Gasteiger partial charge < -0.3 is 16.4 Å². The predicted molar refractivity (Wildman–Crippen MR) is 79.8 cm³/mol. The van der Waals surface area contributed by atoms with Crippen molar-refractivity contribution in [3.05, 3.63) is 47.1 Å². The van der Waals surface area contributed by atoms with Gasteiger partial charge in [0.2, 0.25) is 5.67 Å². The zero-order valence-electron chi connectivity index (χ0n) is 11.5. The van der Waals surface area contributed by atoms with E-state index >= 15 is 0 Å². The Kier molecular flexibility index (Phi) is 4.56. The summed E-state index contributed by atoms with van der Waals surface area (Å²) in [6, 6.07) is 3.68. The largest absolute Gasteiger partial charge is 0.426 e. The van der Waals surface area contributed by atoms with Gasteiger partial charge in [0.1, 0.15) is 0 Å². The van der Waals surface area contributed by atoms with Gasteiger partial charge in [0.05, 0.1) is 10.7 Å². The van der Waals surface area contributed by atoms with Gasteiger partial charge in [0, 0.05) is 17.8 Å². The molecule has 9 heteroatoms. The molecule has 0 aliphatic heterocycles. The molecule has 1 atom stereocenters. The normalized spacial score (nSPS) is 20.8. The predicted octanol–water partition coefficient (Wildman–Crippen LogP) is 4.16. The van der Waals surface area contributed by atoms with E-state index in [0.717, 1.165) is 12.2 Å². The molecule has 0 spiro atoms. The molecule has 1 unspecified atom stereocenters. The summed E-state index contributed by atoms with van der Waals surface area (Å²) >= 11 is 5.88. The van der Waals surface area contributed by atoms with Crippen molar-refractivity contribution in [2.45, 2.75) is 18.3 Å². The number of hydrogen-bond donors (Lipinski definition) is 3. The summed E-state index contributed by atoms with van der Waals surface area (Å²) < 4.78 is 51.1. The number of nitrogens with one attached hydrogen (secondary N) is 2. The molecule has 1 aliphatic rings. The van der Waals surface area contributed by atoms with Crippen LogP contribution in [0.25, 0.3) is 0 Å². The van der Waals surface area contributed by atoms with E-state index in [2.05, 4.69) is 10.6 Å². The number of carbonyl (C=O) groups is 1. The van der Waals surface area contributed by atoms with Crippen LogP contribution < -0.4 is 16.4 Å². The van der Waals surface area contributed by atoms with Crippen molar-refractivity contribution in [1.29, 1.82) is 0 Å². The molecule has 0 saturated carbocycles. The highest BCUT2D eigenvalue weighted by Crippen LogP contribution is 2.40. The Hall–Kier alpha value is -2.22. The van der Waals surface area contributed by atoms with Gasteiger partial charge in [-0.2, -0.15) is 13.2 Å². The number of alkyl halides is 4. The topological polar surface area (TPSA) is 67.1 Å². The summed E-state index contributed by atoms with van der Waals surface area (Å²) in [7, 11) is 0. The standard InChI is InChI=1S/C14H12ClF4N3O/c15-10-7-8(20)1-2-11(10)22-12(23)21-9-3-5-13(16,6-4-9)14(17,18)19/h1-5,7H,6,20H2,(H2,21,22,23). The Morgan fingerprint density at radius 2 is 2.00 bits per heavy atom. The molecule has 2 rings (SSSR count). The van der Waals surface area contributed by atoms with Crippen molar-refractivity contribution < 1.29 is 22.4 Å². The van der Waals surface area contributed by atoms with Crippen LogP contribution in [-0.4, -0.2) is 17.9 Å². The quantitative estimate of drug-likeness (QED) is 0.554. The molecule has 23 heavy (non-hydrogen) atoms. The lowest BCUT2D eigenvalue weighted by Crippen LogP contribution is -2.40. The maximum atomic E-state index is 13.6. The van der Waals surface area contributed by atoms with Crippen LogP contribution in [0, 0.1) is 0 Å². The average Bonchev–Trinajstić information content (AvgIpc) is 2.43. The monoisotopic (exact) mass is 349 g/mol. The summed E-state index contributed by atoms with van der Waals surface area (Å²) in [5.74, 6) is 0.